The fourth-order valence-electron chi connectivity index (χ4n) is 1.97. The molecule has 2 aromatic rings. The first-order valence-electron chi connectivity index (χ1n) is 6.23. The fraction of sp³-hybridized carbons (Fsp3) is 0.357. The molecule has 0 fully saturated rings. The molecule has 4 nitrogen and oxygen atoms in total. The zero-order valence-electron chi connectivity index (χ0n) is 10.6. The van der Waals surface area contributed by atoms with Crippen LogP contribution in [0.3, 0.4) is 0 Å². The number of pyridine rings is 1. The maximum Gasteiger partial charge on any atom is 0.0951 e. The van der Waals surface area contributed by atoms with Crippen LogP contribution in [0, 0.1) is 0 Å². The minimum atomic E-state index is -0.239. The van der Waals surface area contributed by atoms with Crippen molar-refractivity contribution in [2.24, 2.45) is 0 Å². The van der Waals surface area contributed by atoms with Gasteiger partial charge in [-0.15, -0.1) is 0 Å². The van der Waals surface area contributed by atoms with E-state index in [4.69, 9.17) is 5.73 Å². The molecule has 0 bridgehead atoms. The van der Waals surface area contributed by atoms with Crippen molar-refractivity contribution in [3.63, 3.8) is 0 Å². The van der Waals surface area contributed by atoms with Crippen LogP contribution in [0.15, 0.2) is 30.5 Å². The maximum absolute atomic E-state index is 9.20. The highest BCUT2D eigenvalue weighted by Crippen LogP contribution is 2.25. The number of para-hydroxylation sites is 1. The van der Waals surface area contributed by atoms with E-state index in [1.165, 1.54) is 0 Å². The van der Waals surface area contributed by atoms with E-state index in [9.17, 15) is 5.11 Å². The van der Waals surface area contributed by atoms with E-state index in [1.807, 2.05) is 31.2 Å². The van der Waals surface area contributed by atoms with Crippen molar-refractivity contribution in [2.45, 2.75) is 25.9 Å². The third kappa shape index (κ3) is 2.90. The lowest BCUT2D eigenvalue weighted by Crippen LogP contribution is -2.07. The normalized spacial score (nSPS) is 12.6. The van der Waals surface area contributed by atoms with Gasteiger partial charge in [0.1, 0.15) is 0 Å². The Morgan fingerprint density at radius 1 is 1.39 bits per heavy atom. The number of aliphatic hydroxyl groups is 1. The van der Waals surface area contributed by atoms with Crippen LogP contribution in [0.5, 0.6) is 0 Å². The minimum Gasteiger partial charge on any atom is -0.397 e. The number of fused-ring (bicyclic) bond motifs is 1. The summed E-state index contributed by atoms with van der Waals surface area (Å²) in [4.78, 5) is 4.29. The number of nitrogens with zero attached hydrogens (tertiary/aromatic N) is 1. The van der Waals surface area contributed by atoms with Crippen molar-refractivity contribution >= 4 is 22.3 Å². The Kier molecular flexibility index (Phi) is 3.99. The SMILES string of the molecule is CC(O)CCCNc1ccnc2c(N)cccc12. The van der Waals surface area contributed by atoms with Crippen LogP contribution in [0.1, 0.15) is 19.8 Å². The maximum atomic E-state index is 9.20. The number of nitrogens with two attached hydrogens (primary N) is 1. The summed E-state index contributed by atoms with van der Waals surface area (Å²) < 4.78 is 0. The van der Waals surface area contributed by atoms with Gasteiger partial charge in [-0.2, -0.15) is 0 Å². The van der Waals surface area contributed by atoms with E-state index in [1.54, 1.807) is 6.20 Å². The Hall–Kier alpha value is -1.81. The number of aromatic nitrogens is 1. The number of anilines is 2. The molecule has 18 heavy (non-hydrogen) atoms. The van der Waals surface area contributed by atoms with E-state index in [2.05, 4.69) is 10.3 Å². The molecule has 2 rings (SSSR count). The molecule has 0 aliphatic carbocycles. The molecular weight excluding hydrogens is 226 g/mol. The van der Waals surface area contributed by atoms with Crippen LogP contribution in [-0.2, 0) is 0 Å². The number of hydrogen-bond acceptors (Lipinski definition) is 4. The first kappa shape index (κ1) is 12.6. The Morgan fingerprint density at radius 3 is 3.00 bits per heavy atom. The molecule has 0 radical (unpaired) electrons. The molecule has 0 saturated heterocycles. The molecule has 1 unspecified atom stereocenters. The quantitative estimate of drug-likeness (QED) is 0.558. The Morgan fingerprint density at radius 2 is 2.22 bits per heavy atom. The first-order valence-corrected chi connectivity index (χ1v) is 6.23. The molecule has 96 valence electrons. The Bertz CT molecular complexity index is 525. The summed E-state index contributed by atoms with van der Waals surface area (Å²) in [5.74, 6) is 0. The fourth-order valence-corrected chi connectivity index (χ4v) is 1.97. The van der Waals surface area contributed by atoms with Gasteiger partial charge < -0.3 is 16.2 Å². The Balaban J connectivity index is 2.11. The second-order valence-corrected chi connectivity index (χ2v) is 4.52. The lowest BCUT2D eigenvalue weighted by Gasteiger charge is -2.10. The predicted molar refractivity (Wildman–Crippen MR) is 75.6 cm³/mol. The standard InChI is InChI=1S/C14H19N3O/c1-10(18)4-3-8-16-13-7-9-17-14-11(13)5-2-6-12(14)15/h2,5-7,9-10,18H,3-4,8,15H2,1H3,(H,16,17). The highest BCUT2D eigenvalue weighted by molar-refractivity contribution is 5.97. The number of benzene rings is 1. The molecule has 0 aliphatic rings. The van der Waals surface area contributed by atoms with Crippen molar-refractivity contribution in [3.05, 3.63) is 30.5 Å². The van der Waals surface area contributed by atoms with E-state index in [-0.39, 0.29) is 6.10 Å². The van der Waals surface area contributed by atoms with Gasteiger partial charge in [-0.1, -0.05) is 12.1 Å². The highest BCUT2D eigenvalue weighted by atomic mass is 16.3. The molecule has 1 heterocycles. The lowest BCUT2D eigenvalue weighted by atomic mass is 10.1. The van der Waals surface area contributed by atoms with E-state index >= 15 is 0 Å². The summed E-state index contributed by atoms with van der Waals surface area (Å²) in [6.07, 6.45) is 3.26. The van der Waals surface area contributed by atoms with Crippen LogP contribution < -0.4 is 11.1 Å². The van der Waals surface area contributed by atoms with Crippen molar-refractivity contribution in [1.82, 2.24) is 4.98 Å². The van der Waals surface area contributed by atoms with Crippen molar-refractivity contribution in [1.29, 1.82) is 0 Å². The summed E-state index contributed by atoms with van der Waals surface area (Å²) in [6, 6.07) is 7.74. The zero-order chi connectivity index (χ0) is 13.0. The number of rotatable bonds is 5. The summed E-state index contributed by atoms with van der Waals surface area (Å²) in [5.41, 5.74) is 8.46. The Labute approximate surface area is 107 Å². The van der Waals surface area contributed by atoms with Crippen LogP contribution in [0.25, 0.3) is 10.9 Å². The lowest BCUT2D eigenvalue weighted by molar-refractivity contribution is 0.183. The smallest absolute Gasteiger partial charge is 0.0951 e. The van der Waals surface area contributed by atoms with Gasteiger partial charge >= 0.3 is 0 Å². The molecule has 0 spiro atoms. The molecule has 4 heteroatoms. The summed E-state index contributed by atoms with van der Waals surface area (Å²) in [6.45, 7) is 2.64. The second-order valence-electron chi connectivity index (χ2n) is 4.52. The molecule has 0 saturated carbocycles. The molecular formula is C14H19N3O. The topological polar surface area (TPSA) is 71.2 Å². The summed E-state index contributed by atoms with van der Waals surface area (Å²) in [5, 5.41) is 13.6. The summed E-state index contributed by atoms with van der Waals surface area (Å²) in [7, 11) is 0. The molecule has 0 aliphatic heterocycles. The molecule has 0 amide bonds. The van der Waals surface area contributed by atoms with Gasteiger partial charge in [0.25, 0.3) is 0 Å². The molecule has 1 atom stereocenters. The predicted octanol–water partition coefficient (Wildman–Crippen LogP) is 2.39. The van der Waals surface area contributed by atoms with E-state index < -0.39 is 0 Å². The van der Waals surface area contributed by atoms with Crippen LogP contribution >= 0.6 is 0 Å². The third-order valence-corrected chi connectivity index (χ3v) is 2.92. The van der Waals surface area contributed by atoms with Crippen molar-refractivity contribution in [2.75, 3.05) is 17.6 Å². The van der Waals surface area contributed by atoms with Gasteiger partial charge in [-0.3, -0.25) is 4.98 Å². The van der Waals surface area contributed by atoms with Gasteiger partial charge in [-0.25, -0.2) is 0 Å². The molecule has 1 aromatic heterocycles. The van der Waals surface area contributed by atoms with Gasteiger partial charge in [0.05, 0.1) is 17.3 Å². The first-order chi connectivity index (χ1) is 8.68. The highest BCUT2D eigenvalue weighted by Gasteiger charge is 2.03. The number of nitrogen functional groups attached to an aromatic ring is 1. The van der Waals surface area contributed by atoms with E-state index in [0.29, 0.717) is 5.69 Å². The van der Waals surface area contributed by atoms with E-state index in [0.717, 1.165) is 36.0 Å². The van der Waals surface area contributed by atoms with Crippen LogP contribution in [0.4, 0.5) is 11.4 Å². The van der Waals surface area contributed by atoms with Crippen LogP contribution in [0.2, 0.25) is 0 Å². The molecule has 4 N–H and O–H groups in total. The van der Waals surface area contributed by atoms with Crippen molar-refractivity contribution < 1.29 is 5.11 Å². The second kappa shape index (κ2) is 5.69. The summed E-state index contributed by atoms with van der Waals surface area (Å²) >= 11 is 0. The average molecular weight is 245 g/mol. The van der Waals surface area contributed by atoms with Crippen LogP contribution in [-0.4, -0.2) is 22.7 Å². The minimum absolute atomic E-state index is 0.239. The van der Waals surface area contributed by atoms with Gasteiger partial charge in [0, 0.05) is 23.8 Å². The third-order valence-electron chi connectivity index (χ3n) is 2.92. The van der Waals surface area contributed by atoms with Crippen molar-refractivity contribution in [3.8, 4) is 0 Å². The zero-order valence-corrected chi connectivity index (χ0v) is 10.6. The number of hydrogen-bond donors (Lipinski definition) is 3. The number of nitrogens with one attached hydrogen (secondary N) is 1. The largest absolute Gasteiger partial charge is 0.397 e. The van der Waals surface area contributed by atoms with Gasteiger partial charge in [-0.05, 0) is 31.9 Å². The van der Waals surface area contributed by atoms with Gasteiger partial charge in [0.2, 0.25) is 0 Å². The monoisotopic (exact) mass is 245 g/mol. The average Bonchev–Trinajstić information content (AvgIpc) is 2.35. The molecule has 1 aromatic carbocycles. The number of aliphatic hydroxyl groups excluding tert-OH is 1. The van der Waals surface area contributed by atoms with Gasteiger partial charge in [0.15, 0.2) is 0 Å².